The molecule has 0 radical (unpaired) electrons. The minimum absolute atomic E-state index is 0.177. The quantitative estimate of drug-likeness (QED) is 0.756. The Bertz CT molecular complexity index is 853. The Kier molecular flexibility index (Phi) is 4.56. The second-order valence-electron chi connectivity index (χ2n) is 5.34. The number of amides is 2. The first-order chi connectivity index (χ1) is 11.6. The normalized spacial score (nSPS) is 10.5. The van der Waals surface area contributed by atoms with Crippen LogP contribution in [0.4, 0.5) is 5.69 Å². The summed E-state index contributed by atoms with van der Waals surface area (Å²) in [4.78, 5) is 27.6. The molecule has 0 aliphatic heterocycles. The Labute approximate surface area is 138 Å². The summed E-state index contributed by atoms with van der Waals surface area (Å²) in [5.74, 6) is 0.199. The van der Waals surface area contributed by atoms with Crippen LogP contribution in [-0.4, -0.2) is 23.3 Å². The summed E-state index contributed by atoms with van der Waals surface area (Å²) in [6.45, 7) is 1.84. The van der Waals surface area contributed by atoms with E-state index in [-0.39, 0.29) is 11.8 Å². The van der Waals surface area contributed by atoms with Crippen LogP contribution in [0, 0.1) is 0 Å². The van der Waals surface area contributed by atoms with Crippen LogP contribution in [0.2, 0.25) is 0 Å². The lowest BCUT2D eigenvalue weighted by Gasteiger charge is -2.06. The molecule has 0 unspecified atom stereocenters. The van der Waals surface area contributed by atoms with Crippen molar-refractivity contribution in [3.63, 3.8) is 0 Å². The lowest BCUT2D eigenvalue weighted by molar-refractivity contribution is -0.114. The number of benzene rings is 2. The van der Waals surface area contributed by atoms with Gasteiger partial charge in [-0.15, -0.1) is 0 Å². The molecule has 0 fully saturated rings. The van der Waals surface area contributed by atoms with Crippen LogP contribution in [0.3, 0.4) is 0 Å². The number of fused-ring (bicyclic) bond motifs is 1. The summed E-state index contributed by atoms with van der Waals surface area (Å²) in [5.41, 5.74) is 2.62. The number of carbonyl (C=O) groups is 2. The van der Waals surface area contributed by atoms with Crippen molar-refractivity contribution in [3.8, 4) is 0 Å². The maximum Gasteiger partial charge on any atom is 0.251 e. The second kappa shape index (κ2) is 6.95. The van der Waals surface area contributed by atoms with Gasteiger partial charge in [-0.25, -0.2) is 4.98 Å². The molecule has 2 amide bonds. The zero-order valence-electron chi connectivity index (χ0n) is 13.2. The highest BCUT2D eigenvalue weighted by atomic mass is 16.3. The molecule has 2 N–H and O–H groups in total. The van der Waals surface area contributed by atoms with Crippen LogP contribution in [0.25, 0.3) is 11.1 Å². The zero-order chi connectivity index (χ0) is 16.9. The molecule has 3 aromatic rings. The summed E-state index contributed by atoms with van der Waals surface area (Å²) in [5, 5.41) is 5.47. The number of nitrogens with zero attached hydrogens (tertiary/aromatic N) is 1. The SMILES string of the molecule is CC(=O)Nc1cccc(C(=O)NCCc2nc3ccccc3o2)c1. The number of aromatic nitrogens is 1. The lowest BCUT2D eigenvalue weighted by Crippen LogP contribution is -2.25. The molecule has 2 aromatic carbocycles. The third kappa shape index (κ3) is 3.78. The van der Waals surface area contributed by atoms with Gasteiger partial charge in [-0.05, 0) is 30.3 Å². The van der Waals surface area contributed by atoms with Gasteiger partial charge in [0.1, 0.15) is 5.52 Å². The van der Waals surface area contributed by atoms with E-state index in [0.717, 1.165) is 11.1 Å². The van der Waals surface area contributed by atoms with Crippen molar-refractivity contribution >= 4 is 28.6 Å². The molecule has 6 heteroatoms. The second-order valence-corrected chi connectivity index (χ2v) is 5.34. The number of rotatable bonds is 5. The molecule has 6 nitrogen and oxygen atoms in total. The Hall–Kier alpha value is -3.15. The summed E-state index contributed by atoms with van der Waals surface area (Å²) < 4.78 is 5.61. The molecule has 3 rings (SSSR count). The van der Waals surface area contributed by atoms with E-state index in [0.29, 0.717) is 30.1 Å². The predicted octanol–water partition coefficient (Wildman–Crippen LogP) is 2.76. The van der Waals surface area contributed by atoms with E-state index >= 15 is 0 Å². The summed E-state index contributed by atoms with van der Waals surface area (Å²) in [6, 6.07) is 14.3. The van der Waals surface area contributed by atoms with Crippen molar-refractivity contribution < 1.29 is 14.0 Å². The Morgan fingerprint density at radius 3 is 2.75 bits per heavy atom. The van der Waals surface area contributed by atoms with E-state index in [1.165, 1.54) is 6.92 Å². The number of nitrogens with one attached hydrogen (secondary N) is 2. The molecule has 0 atom stereocenters. The molecule has 1 aromatic heterocycles. The molecule has 1 heterocycles. The molecule has 0 aliphatic rings. The number of oxazole rings is 1. The topological polar surface area (TPSA) is 84.2 Å². The average molecular weight is 323 g/mol. The van der Waals surface area contributed by atoms with E-state index in [2.05, 4.69) is 15.6 Å². The first-order valence-electron chi connectivity index (χ1n) is 7.62. The average Bonchev–Trinajstić information content (AvgIpc) is 2.97. The monoisotopic (exact) mass is 323 g/mol. The van der Waals surface area contributed by atoms with Crippen LogP contribution < -0.4 is 10.6 Å². The van der Waals surface area contributed by atoms with Crippen LogP contribution in [-0.2, 0) is 11.2 Å². The molecule has 0 aliphatic carbocycles. The maximum atomic E-state index is 12.2. The maximum absolute atomic E-state index is 12.2. The number of anilines is 1. The smallest absolute Gasteiger partial charge is 0.251 e. The molecule has 24 heavy (non-hydrogen) atoms. The highest BCUT2D eigenvalue weighted by Gasteiger charge is 2.08. The Morgan fingerprint density at radius 1 is 1.12 bits per heavy atom. The first-order valence-corrected chi connectivity index (χ1v) is 7.62. The fourth-order valence-corrected chi connectivity index (χ4v) is 2.35. The number of carbonyl (C=O) groups excluding carboxylic acids is 2. The van der Waals surface area contributed by atoms with Gasteiger partial charge in [0.2, 0.25) is 5.91 Å². The van der Waals surface area contributed by atoms with Gasteiger partial charge in [0.15, 0.2) is 11.5 Å². The number of hydrogen-bond donors (Lipinski definition) is 2. The van der Waals surface area contributed by atoms with E-state index in [1.54, 1.807) is 24.3 Å². The van der Waals surface area contributed by atoms with Gasteiger partial charge in [-0.1, -0.05) is 18.2 Å². The van der Waals surface area contributed by atoms with Crippen LogP contribution in [0.5, 0.6) is 0 Å². The third-order valence-corrected chi connectivity index (χ3v) is 3.41. The standard InChI is InChI=1S/C18H17N3O3/c1-12(22)20-14-6-4-5-13(11-14)18(23)19-10-9-17-21-15-7-2-3-8-16(15)24-17/h2-8,11H,9-10H2,1H3,(H,19,23)(H,20,22). The van der Waals surface area contributed by atoms with Crippen molar-refractivity contribution in [2.45, 2.75) is 13.3 Å². The summed E-state index contributed by atoms with van der Waals surface area (Å²) in [6.07, 6.45) is 0.506. The van der Waals surface area contributed by atoms with E-state index in [4.69, 9.17) is 4.42 Å². The Balaban J connectivity index is 1.58. The highest BCUT2D eigenvalue weighted by molar-refractivity contribution is 5.96. The minimum atomic E-state index is -0.210. The van der Waals surface area contributed by atoms with Gasteiger partial charge in [0, 0.05) is 31.1 Å². The van der Waals surface area contributed by atoms with Crippen LogP contribution in [0.1, 0.15) is 23.2 Å². The van der Waals surface area contributed by atoms with E-state index in [9.17, 15) is 9.59 Å². The van der Waals surface area contributed by atoms with Crippen molar-refractivity contribution in [1.29, 1.82) is 0 Å². The highest BCUT2D eigenvalue weighted by Crippen LogP contribution is 2.15. The number of para-hydroxylation sites is 2. The molecule has 0 spiro atoms. The fraction of sp³-hybridized carbons (Fsp3) is 0.167. The third-order valence-electron chi connectivity index (χ3n) is 3.41. The molecule has 0 saturated carbocycles. The fourth-order valence-electron chi connectivity index (χ4n) is 2.35. The van der Waals surface area contributed by atoms with Crippen molar-refractivity contribution in [2.24, 2.45) is 0 Å². The van der Waals surface area contributed by atoms with Crippen molar-refractivity contribution in [1.82, 2.24) is 10.3 Å². The molecule has 0 saturated heterocycles. The summed E-state index contributed by atoms with van der Waals surface area (Å²) in [7, 11) is 0. The minimum Gasteiger partial charge on any atom is -0.441 e. The van der Waals surface area contributed by atoms with E-state index < -0.39 is 0 Å². The van der Waals surface area contributed by atoms with Gasteiger partial charge in [0.05, 0.1) is 0 Å². The molecule has 0 bridgehead atoms. The lowest BCUT2D eigenvalue weighted by atomic mass is 10.2. The van der Waals surface area contributed by atoms with E-state index in [1.807, 2.05) is 24.3 Å². The Morgan fingerprint density at radius 2 is 1.96 bits per heavy atom. The predicted molar refractivity (Wildman–Crippen MR) is 90.8 cm³/mol. The van der Waals surface area contributed by atoms with Gasteiger partial charge < -0.3 is 15.1 Å². The molecular weight excluding hydrogens is 306 g/mol. The summed E-state index contributed by atoms with van der Waals surface area (Å²) >= 11 is 0. The molecular formula is C18H17N3O3. The van der Waals surface area contributed by atoms with Crippen LogP contribution in [0.15, 0.2) is 52.9 Å². The number of hydrogen-bond acceptors (Lipinski definition) is 4. The first kappa shape index (κ1) is 15.7. The van der Waals surface area contributed by atoms with Crippen molar-refractivity contribution in [2.75, 3.05) is 11.9 Å². The van der Waals surface area contributed by atoms with Gasteiger partial charge in [0.25, 0.3) is 5.91 Å². The van der Waals surface area contributed by atoms with Gasteiger partial charge in [-0.3, -0.25) is 9.59 Å². The van der Waals surface area contributed by atoms with Crippen LogP contribution >= 0.6 is 0 Å². The molecule has 122 valence electrons. The van der Waals surface area contributed by atoms with Crippen molar-refractivity contribution in [3.05, 3.63) is 60.0 Å². The largest absolute Gasteiger partial charge is 0.441 e. The zero-order valence-corrected chi connectivity index (χ0v) is 13.2. The van der Waals surface area contributed by atoms with Gasteiger partial charge >= 0.3 is 0 Å². The van der Waals surface area contributed by atoms with Gasteiger partial charge in [-0.2, -0.15) is 0 Å².